The van der Waals surface area contributed by atoms with Crippen molar-refractivity contribution < 1.29 is 28.5 Å². The average Bonchev–Trinajstić information content (AvgIpc) is 2.77. The monoisotopic (exact) mass is 442 g/mol. The number of carbonyl (C=O) groups excluding carboxylic acids is 2. The fourth-order valence-electron chi connectivity index (χ4n) is 3.12. The fraction of sp³-hybridized carbons (Fsp3) is 0.462. The Morgan fingerprint density at radius 2 is 1.03 bits per heavy atom. The number of aryl methyl sites for hydroxylation is 4. The van der Waals surface area contributed by atoms with Gasteiger partial charge < -0.3 is 18.9 Å². The van der Waals surface area contributed by atoms with Crippen molar-refractivity contribution in [1.82, 2.24) is 0 Å². The summed E-state index contributed by atoms with van der Waals surface area (Å²) < 4.78 is 21.1. The molecule has 0 saturated heterocycles. The molecule has 6 heteroatoms. The van der Waals surface area contributed by atoms with Gasteiger partial charge in [-0.05, 0) is 37.8 Å². The number of hydrogen-bond acceptors (Lipinski definition) is 6. The number of hydrogen-bond donors (Lipinski definition) is 0. The van der Waals surface area contributed by atoms with Gasteiger partial charge in [-0.25, -0.2) is 0 Å². The van der Waals surface area contributed by atoms with E-state index >= 15 is 0 Å². The molecule has 32 heavy (non-hydrogen) atoms. The standard InChI is InChI=1S/C26H34O6/c1-21-5-3-7-23(19-21)9-11-25(27)31-17-15-29-13-14-30-16-18-32-26(28)12-10-24-8-4-6-22(2)20-24/h3-8,19-20H,9-18H2,1-2H3. The first kappa shape index (κ1) is 25.6. The van der Waals surface area contributed by atoms with Crippen LogP contribution in [0, 0.1) is 13.8 Å². The Balaban J connectivity index is 1.37. The summed E-state index contributed by atoms with van der Waals surface area (Å²) in [4.78, 5) is 23.5. The van der Waals surface area contributed by atoms with Crippen LogP contribution in [0.25, 0.3) is 0 Å². The predicted octanol–water partition coefficient (Wildman–Crippen LogP) is 3.99. The van der Waals surface area contributed by atoms with Gasteiger partial charge >= 0.3 is 11.9 Å². The van der Waals surface area contributed by atoms with E-state index < -0.39 is 0 Å². The van der Waals surface area contributed by atoms with Gasteiger partial charge in [0.1, 0.15) is 13.2 Å². The molecule has 0 atom stereocenters. The minimum Gasteiger partial charge on any atom is -0.463 e. The molecule has 0 saturated carbocycles. The van der Waals surface area contributed by atoms with E-state index in [0.717, 1.165) is 11.1 Å². The summed E-state index contributed by atoms with van der Waals surface area (Å²) in [6, 6.07) is 16.2. The fourth-order valence-corrected chi connectivity index (χ4v) is 3.12. The zero-order valence-electron chi connectivity index (χ0n) is 19.1. The zero-order chi connectivity index (χ0) is 23.0. The van der Waals surface area contributed by atoms with Crippen LogP contribution >= 0.6 is 0 Å². The number of benzene rings is 2. The summed E-state index contributed by atoms with van der Waals surface area (Å²) in [6.45, 7) is 5.95. The molecule has 0 amide bonds. The maximum Gasteiger partial charge on any atom is 0.306 e. The third-order valence-electron chi connectivity index (χ3n) is 4.75. The Hall–Kier alpha value is -2.70. The van der Waals surface area contributed by atoms with Gasteiger partial charge in [-0.1, -0.05) is 59.7 Å². The summed E-state index contributed by atoms with van der Waals surface area (Å²) >= 11 is 0. The molecule has 0 heterocycles. The molecule has 6 nitrogen and oxygen atoms in total. The summed E-state index contributed by atoms with van der Waals surface area (Å²) in [5.74, 6) is -0.453. The van der Waals surface area contributed by atoms with E-state index in [1.54, 1.807) is 0 Å². The Labute approximate surface area is 190 Å². The van der Waals surface area contributed by atoms with Crippen molar-refractivity contribution in [3.63, 3.8) is 0 Å². The van der Waals surface area contributed by atoms with Crippen LogP contribution in [0.3, 0.4) is 0 Å². The Morgan fingerprint density at radius 1 is 0.625 bits per heavy atom. The van der Waals surface area contributed by atoms with Gasteiger partial charge in [-0.3, -0.25) is 9.59 Å². The van der Waals surface area contributed by atoms with Crippen molar-refractivity contribution in [2.24, 2.45) is 0 Å². The molecule has 0 fully saturated rings. The molecule has 0 aliphatic rings. The number of carbonyl (C=O) groups is 2. The SMILES string of the molecule is Cc1cccc(CCC(=O)OCCOCCOCCOC(=O)CCc2cccc(C)c2)c1. The number of rotatable bonds is 15. The van der Waals surface area contributed by atoms with Crippen molar-refractivity contribution >= 4 is 11.9 Å². The second kappa shape index (κ2) is 15.2. The van der Waals surface area contributed by atoms with Gasteiger partial charge in [-0.15, -0.1) is 0 Å². The molecule has 0 N–H and O–H groups in total. The van der Waals surface area contributed by atoms with Crippen molar-refractivity contribution in [3.8, 4) is 0 Å². The molecule has 2 rings (SSSR count). The minimum absolute atomic E-state index is 0.226. The Kier molecular flexibility index (Phi) is 12.1. The van der Waals surface area contributed by atoms with Gasteiger partial charge in [-0.2, -0.15) is 0 Å². The van der Waals surface area contributed by atoms with Crippen LogP contribution in [-0.2, 0) is 41.4 Å². The highest BCUT2D eigenvalue weighted by molar-refractivity contribution is 5.70. The topological polar surface area (TPSA) is 71.1 Å². The van der Waals surface area contributed by atoms with E-state index in [0.29, 0.717) is 52.1 Å². The third kappa shape index (κ3) is 11.6. The molecule has 0 spiro atoms. The molecule has 174 valence electrons. The third-order valence-corrected chi connectivity index (χ3v) is 4.75. The van der Waals surface area contributed by atoms with Crippen molar-refractivity contribution in [1.29, 1.82) is 0 Å². The van der Waals surface area contributed by atoms with E-state index in [9.17, 15) is 9.59 Å². The quantitative estimate of drug-likeness (QED) is 0.307. The van der Waals surface area contributed by atoms with Crippen LogP contribution in [0.5, 0.6) is 0 Å². The lowest BCUT2D eigenvalue weighted by atomic mass is 10.1. The van der Waals surface area contributed by atoms with E-state index in [4.69, 9.17) is 18.9 Å². The molecule has 0 unspecified atom stereocenters. The van der Waals surface area contributed by atoms with Gasteiger partial charge in [0.05, 0.1) is 26.4 Å². The minimum atomic E-state index is -0.226. The van der Waals surface area contributed by atoms with Gasteiger partial charge in [0.25, 0.3) is 0 Å². The average molecular weight is 443 g/mol. The highest BCUT2D eigenvalue weighted by Gasteiger charge is 2.05. The normalized spacial score (nSPS) is 10.7. The van der Waals surface area contributed by atoms with Crippen molar-refractivity contribution in [2.75, 3.05) is 39.6 Å². The van der Waals surface area contributed by atoms with E-state index in [1.807, 2.05) is 50.2 Å². The van der Waals surface area contributed by atoms with Gasteiger partial charge in [0.2, 0.25) is 0 Å². The highest BCUT2D eigenvalue weighted by Crippen LogP contribution is 2.08. The lowest BCUT2D eigenvalue weighted by molar-refractivity contribution is -0.146. The molecular weight excluding hydrogens is 408 g/mol. The number of esters is 2. The summed E-state index contributed by atoms with van der Waals surface area (Å²) in [7, 11) is 0. The van der Waals surface area contributed by atoms with Crippen LogP contribution in [-0.4, -0.2) is 51.6 Å². The van der Waals surface area contributed by atoms with Crippen molar-refractivity contribution in [2.45, 2.75) is 39.5 Å². The summed E-state index contributed by atoms with van der Waals surface area (Å²) in [6.07, 6.45) is 2.06. The van der Waals surface area contributed by atoms with E-state index in [-0.39, 0.29) is 25.2 Å². The van der Waals surface area contributed by atoms with Crippen LogP contribution in [0.4, 0.5) is 0 Å². The lowest BCUT2D eigenvalue weighted by Crippen LogP contribution is -2.15. The van der Waals surface area contributed by atoms with Gasteiger partial charge in [0, 0.05) is 12.8 Å². The molecule has 0 aliphatic carbocycles. The predicted molar refractivity (Wildman–Crippen MR) is 123 cm³/mol. The second-order valence-corrected chi connectivity index (χ2v) is 7.64. The molecule has 2 aromatic rings. The maximum atomic E-state index is 11.8. The van der Waals surface area contributed by atoms with Crippen molar-refractivity contribution in [3.05, 3.63) is 70.8 Å². The van der Waals surface area contributed by atoms with E-state index in [1.165, 1.54) is 11.1 Å². The lowest BCUT2D eigenvalue weighted by Gasteiger charge is -2.08. The molecular formula is C26H34O6. The highest BCUT2D eigenvalue weighted by atomic mass is 16.6. The first-order chi connectivity index (χ1) is 15.5. The van der Waals surface area contributed by atoms with Crippen LogP contribution < -0.4 is 0 Å². The first-order valence-electron chi connectivity index (χ1n) is 11.1. The maximum absolute atomic E-state index is 11.8. The van der Waals surface area contributed by atoms with Crippen LogP contribution in [0.2, 0.25) is 0 Å². The smallest absolute Gasteiger partial charge is 0.306 e. The van der Waals surface area contributed by atoms with Crippen LogP contribution in [0.1, 0.15) is 35.1 Å². The molecule has 0 aliphatic heterocycles. The first-order valence-corrected chi connectivity index (χ1v) is 11.1. The second-order valence-electron chi connectivity index (χ2n) is 7.64. The molecule has 0 bridgehead atoms. The van der Waals surface area contributed by atoms with Crippen LogP contribution in [0.15, 0.2) is 48.5 Å². The van der Waals surface area contributed by atoms with Gasteiger partial charge in [0.15, 0.2) is 0 Å². The van der Waals surface area contributed by atoms with E-state index in [2.05, 4.69) is 12.1 Å². The summed E-state index contributed by atoms with van der Waals surface area (Å²) in [5, 5.41) is 0. The largest absolute Gasteiger partial charge is 0.463 e. The zero-order valence-corrected chi connectivity index (χ0v) is 19.1. The number of ether oxygens (including phenoxy) is 4. The Bertz CT molecular complexity index is 763. The molecule has 2 aromatic carbocycles. The molecule has 0 aromatic heterocycles. The summed E-state index contributed by atoms with van der Waals surface area (Å²) in [5.41, 5.74) is 4.63. The Morgan fingerprint density at radius 3 is 1.44 bits per heavy atom. The molecule has 0 radical (unpaired) electrons.